The van der Waals surface area contributed by atoms with Crippen LogP contribution in [0, 0.1) is 0 Å². The van der Waals surface area contributed by atoms with E-state index in [2.05, 4.69) is 10.0 Å². The quantitative estimate of drug-likeness (QED) is 0.310. The van der Waals surface area contributed by atoms with Crippen molar-refractivity contribution in [3.05, 3.63) is 10.4 Å². The minimum absolute atomic E-state index is 0.104. The van der Waals surface area contributed by atoms with Gasteiger partial charge >= 0.3 is 0 Å². The Morgan fingerprint density at radius 3 is 2.29 bits per heavy atom. The maximum atomic E-state index is 10.1. The average molecular weight is 319 g/mol. The fourth-order valence-electron chi connectivity index (χ4n) is 1.81. The predicted octanol–water partition coefficient (Wildman–Crippen LogP) is 1.13. The second kappa shape index (κ2) is 6.61. The van der Waals surface area contributed by atoms with Gasteiger partial charge in [-0.15, -0.1) is 0 Å². The van der Waals surface area contributed by atoms with Gasteiger partial charge in [-0.3, -0.25) is 0 Å². The number of ether oxygens (including phenoxy) is 1. The summed E-state index contributed by atoms with van der Waals surface area (Å²) in [6.07, 6.45) is -4.64. The predicted molar refractivity (Wildman–Crippen MR) is 79.0 cm³/mol. The Hall–Kier alpha value is -0.673. The van der Waals surface area contributed by atoms with Gasteiger partial charge in [0.25, 0.3) is 0 Å². The molecule has 1 heterocycles. The molecule has 21 heavy (non-hydrogen) atoms. The molecular formula is C12H25N3O5Si. The van der Waals surface area contributed by atoms with Crippen molar-refractivity contribution in [3.63, 3.8) is 0 Å². The molecule has 0 aromatic heterocycles. The number of rotatable bonds is 4. The highest BCUT2D eigenvalue weighted by atomic mass is 28.4. The molecule has 0 spiro atoms. The van der Waals surface area contributed by atoms with Crippen LogP contribution in [0.3, 0.4) is 0 Å². The van der Waals surface area contributed by atoms with Crippen LogP contribution in [0.5, 0.6) is 0 Å². The fourth-order valence-corrected chi connectivity index (χ4v) is 2.94. The van der Waals surface area contributed by atoms with Crippen LogP contribution in [-0.4, -0.2) is 60.9 Å². The summed E-state index contributed by atoms with van der Waals surface area (Å²) in [4.78, 5) is 2.68. The van der Waals surface area contributed by atoms with E-state index >= 15 is 0 Å². The van der Waals surface area contributed by atoms with Crippen LogP contribution >= 0.6 is 0 Å². The average Bonchev–Trinajstić information content (AvgIpc) is 2.36. The monoisotopic (exact) mass is 319 g/mol. The number of hydrogen-bond donors (Lipinski definition) is 3. The molecule has 1 aliphatic heterocycles. The van der Waals surface area contributed by atoms with Gasteiger partial charge in [0.05, 0.1) is 12.7 Å². The molecule has 0 saturated carbocycles. The molecule has 0 aromatic carbocycles. The van der Waals surface area contributed by atoms with Gasteiger partial charge < -0.3 is 24.5 Å². The van der Waals surface area contributed by atoms with E-state index in [1.165, 1.54) is 0 Å². The van der Waals surface area contributed by atoms with Crippen LogP contribution in [0.2, 0.25) is 18.1 Å². The van der Waals surface area contributed by atoms with Crippen LogP contribution in [0.4, 0.5) is 0 Å². The number of azide groups is 1. The normalized spacial score (nSPS) is 34.4. The number of nitrogens with zero attached hydrogens (tertiary/aromatic N) is 3. The fraction of sp³-hybridized carbons (Fsp3) is 1.00. The van der Waals surface area contributed by atoms with Crippen molar-refractivity contribution in [1.82, 2.24) is 0 Å². The molecular weight excluding hydrogens is 294 g/mol. The summed E-state index contributed by atoms with van der Waals surface area (Å²) < 4.78 is 11.5. The summed E-state index contributed by atoms with van der Waals surface area (Å²) >= 11 is 0. The van der Waals surface area contributed by atoms with Gasteiger partial charge in [0.15, 0.2) is 14.6 Å². The summed E-state index contributed by atoms with van der Waals surface area (Å²) in [6, 6.07) is -1.05. The molecule has 1 aliphatic rings. The second-order valence-corrected chi connectivity index (χ2v) is 11.5. The maximum absolute atomic E-state index is 10.1. The van der Waals surface area contributed by atoms with Gasteiger partial charge in [0, 0.05) is 4.91 Å². The molecule has 8 nitrogen and oxygen atoms in total. The summed E-state index contributed by atoms with van der Waals surface area (Å²) in [7, 11) is -2.24. The lowest BCUT2D eigenvalue weighted by Crippen LogP contribution is -2.61. The Morgan fingerprint density at radius 1 is 1.29 bits per heavy atom. The van der Waals surface area contributed by atoms with Crippen molar-refractivity contribution in [2.45, 2.75) is 69.5 Å². The van der Waals surface area contributed by atoms with E-state index < -0.39 is 45.6 Å². The van der Waals surface area contributed by atoms with Crippen LogP contribution in [-0.2, 0) is 9.16 Å². The maximum Gasteiger partial charge on any atom is 0.195 e. The molecule has 1 saturated heterocycles. The molecule has 3 N–H and O–H groups in total. The van der Waals surface area contributed by atoms with Gasteiger partial charge in [-0.05, 0) is 23.7 Å². The molecule has 0 bridgehead atoms. The molecule has 1 rings (SSSR count). The van der Waals surface area contributed by atoms with Gasteiger partial charge in [-0.2, -0.15) is 0 Å². The molecule has 0 aliphatic carbocycles. The Morgan fingerprint density at radius 2 is 1.86 bits per heavy atom. The number of aliphatic hydroxyl groups is 3. The van der Waals surface area contributed by atoms with Crippen molar-refractivity contribution in [2.24, 2.45) is 5.11 Å². The van der Waals surface area contributed by atoms with Crippen molar-refractivity contribution < 1.29 is 24.5 Å². The van der Waals surface area contributed by atoms with E-state index in [-0.39, 0.29) is 5.04 Å². The molecule has 0 unspecified atom stereocenters. The highest BCUT2D eigenvalue weighted by Gasteiger charge is 2.48. The number of hydrogen-bond acceptors (Lipinski definition) is 6. The van der Waals surface area contributed by atoms with E-state index in [0.29, 0.717) is 0 Å². The second-order valence-electron chi connectivity index (χ2n) is 6.78. The minimum Gasteiger partial charge on any atom is -0.394 e. The molecule has 5 atom stereocenters. The highest BCUT2D eigenvalue weighted by Crippen LogP contribution is 2.39. The van der Waals surface area contributed by atoms with E-state index in [1.807, 2.05) is 33.9 Å². The first-order valence-electron chi connectivity index (χ1n) is 6.89. The molecule has 0 radical (unpaired) electrons. The van der Waals surface area contributed by atoms with Crippen LogP contribution in [0.15, 0.2) is 5.11 Å². The minimum atomic E-state index is -2.24. The van der Waals surface area contributed by atoms with Crippen molar-refractivity contribution in [2.75, 3.05) is 6.61 Å². The van der Waals surface area contributed by atoms with Crippen molar-refractivity contribution in [3.8, 4) is 0 Å². The lowest BCUT2D eigenvalue weighted by molar-refractivity contribution is -0.242. The smallest absolute Gasteiger partial charge is 0.195 e. The zero-order valence-corrected chi connectivity index (χ0v) is 14.1. The first-order chi connectivity index (χ1) is 9.55. The third kappa shape index (κ3) is 3.95. The van der Waals surface area contributed by atoms with E-state index in [1.54, 1.807) is 0 Å². The van der Waals surface area contributed by atoms with Gasteiger partial charge in [-0.25, -0.2) is 0 Å². The Bertz CT molecular complexity index is 408. The SMILES string of the molecule is CC(C)(C)[Si](C)(C)O[C@@H]1O[C@H](CO)[C@H](O)[C@H](O)[C@H]1N=[N+]=[N-]. The Labute approximate surface area is 125 Å². The summed E-state index contributed by atoms with van der Waals surface area (Å²) in [5, 5.41) is 32.5. The van der Waals surface area contributed by atoms with Gasteiger partial charge in [0.1, 0.15) is 18.2 Å². The summed E-state index contributed by atoms with van der Waals surface area (Å²) in [5.74, 6) is 0. The van der Waals surface area contributed by atoms with E-state index in [9.17, 15) is 15.3 Å². The third-order valence-electron chi connectivity index (χ3n) is 4.25. The molecule has 9 heteroatoms. The van der Waals surface area contributed by atoms with Crippen LogP contribution in [0.25, 0.3) is 10.4 Å². The van der Waals surface area contributed by atoms with Crippen molar-refractivity contribution in [1.29, 1.82) is 0 Å². The lowest BCUT2D eigenvalue weighted by atomic mass is 9.98. The largest absolute Gasteiger partial charge is 0.394 e. The summed E-state index contributed by atoms with van der Waals surface area (Å²) in [5.41, 5.74) is 8.64. The standard InChI is InChI=1S/C12H25N3O5Si/c1-12(2,3)21(4,5)20-11-8(14-15-13)10(18)9(17)7(6-16)19-11/h7-11,16-18H,6H2,1-5H3/t7-,8-,9+,10-,11+/m1/s1. The Balaban J connectivity index is 3.03. The molecule has 0 aromatic rings. The van der Waals surface area contributed by atoms with Crippen LogP contribution in [0.1, 0.15) is 20.8 Å². The lowest BCUT2D eigenvalue weighted by Gasteiger charge is -2.45. The molecule has 1 fully saturated rings. The van der Waals surface area contributed by atoms with Crippen molar-refractivity contribution >= 4 is 8.32 Å². The number of aliphatic hydroxyl groups excluding tert-OH is 3. The van der Waals surface area contributed by atoms with E-state index in [0.717, 1.165) is 0 Å². The highest BCUT2D eigenvalue weighted by molar-refractivity contribution is 6.74. The first-order valence-corrected chi connectivity index (χ1v) is 9.80. The summed E-state index contributed by atoms with van der Waals surface area (Å²) in [6.45, 7) is 9.65. The van der Waals surface area contributed by atoms with Gasteiger partial charge in [-0.1, -0.05) is 25.9 Å². The van der Waals surface area contributed by atoms with E-state index in [4.69, 9.17) is 14.7 Å². The molecule has 122 valence electrons. The topological polar surface area (TPSA) is 128 Å². The zero-order chi connectivity index (χ0) is 16.4. The Kier molecular flexibility index (Phi) is 5.79. The zero-order valence-electron chi connectivity index (χ0n) is 13.1. The van der Waals surface area contributed by atoms with Crippen LogP contribution < -0.4 is 0 Å². The molecule has 0 amide bonds. The third-order valence-corrected chi connectivity index (χ3v) is 8.68. The van der Waals surface area contributed by atoms with Gasteiger partial charge in [0.2, 0.25) is 0 Å². The first kappa shape index (κ1) is 18.4.